The second-order valence-electron chi connectivity index (χ2n) is 5.17. The normalized spacial score (nSPS) is 12.5. The molecule has 1 atom stereocenters. The maximum atomic E-state index is 9.87. The number of ether oxygens (including phenoxy) is 1. The van der Waals surface area contributed by atoms with Crippen LogP contribution in [0.3, 0.4) is 0 Å². The summed E-state index contributed by atoms with van der Waals surface area (Å²) in [5.41, 5.74) is 1.01. The zero-order chi connectivity index (χ0) is 15.1. The van der Waals surface area contributed by atoms with Gasteiger partial charge in [-0.15, -0.1) is 0 Å². The number of hydrogen-bond acceptors (Lipinski definition) is 3. The van der Waals surface area contributed by atoms with Gasteiger partial charge in [0.2, 0.25) is 0 Å². The van der Waals surface area contributed by atoms with E-state index in [1.54, 1.807) is 0 Å². The standard InChI is InChI=1S/C17H22BrNO2/c1-2-3-8-21-12-17(20)11-19-16-7-5-13-9-15(18)6-4-14(13)10-16/h4-7,9-10,17,19-20H,2-3,8,11-12H2,1H3. The van der Waals surface area contributed by atoms with Crippen LogP contribution in [0.1, 0.15) is 19.8 Å². The molecule has 1 unspecified atom stereocenters. The van der Waals surface area contributed by atoms with Crippen LogP contribution in [-0.2, 0) is 4.74 Å². The molecule has 0 aliphatic carbocycles. The lowest BCUT2D eigenvalue weighted by Crippen LogP contribution is -2.25. The van der Waals surface area contributed by atoms with Crippen LogP contribution in [0.4, 0.5) is 5.69 Å². The summed E-state index contributed by atoms with van der Waals surface area (Å²) in [7, 11) is 0. The predicted octanol–water partition coefficient (Wildman–Crippen LogP) is 4.19. The summed E-state index contributed by atoms with van der Waals surface area (Å²) in [6.07, 6.45) is 1.67. The van der Waals surface area contributed by atoms with Gasteiger partial charge in [-0.25, -0.2) is 0 Å². The number of anilines is 1. The maximum Gasteiger partial charge on any atom is 0.0945 e. The van der Waals surface area contributed by atoms with Crippen molar-refractivity contribution in [2.45, 2.75) is 25.9 Å². The Morgan fingerprint density at radius 1 is 1.19 bits per heavy atom. The van der Waals surface area contributed by atoms with Gasteiger partial charge in [0.05, 0.1) is 12.7 Å². The first kappa shape index (κ1) is 16.3. The molecule has 21 heavy (non-hydrogen) atoms. The average Bonchev–Trinajstić information content (AvgIpc) is 2.49. The van der Waals surface area contributed by atoms with Crippen LogP contribution in [0.5, 0.6) is 0 Å². The molecule has 2 aromatic carbocycles. The molecule has 114 valence electrons. The highest BCUT2D eigenvalue weighted by Gasteiger charge is 2.04. The molecular weight excluding hydrogens is 330 g/mol. The summed E-state index contributed by atoms with van der Waals surface area (Å²) < 4.78 is 6.49. The van der Waals surface area contributed by atoms with Crippen molar-refractivity contribution >= 4 is 32.4 Å². The van der Waals surface area contributed by atoms with E-state index in [9.17, 15) is 5.11 Å². The minimum absolute atomic E-state index is 0.382. The highest BCUT2D eigenvalue weighted by atomic mass is 79.9. The molecule has 2 aromatic rings. The van der Waals surface area contributed by atoms with Gasteiger partial charge in [-0.3, -0.25) is 0 Å². The number of unbranched alkanes of at least 4 members (excludes halogenated alkanes) is 1. The van der Waals surface area contributed by atoms with Gasteiger partial charge in [0.1, 0.15) is 0 Å². The first-order chi connectivity index (χ1) is 10.2. The molecule has 0 fully saturated rings. The van der Waals surface area contributed by atoms with E-state index < -0.39 is 6.10 Å². The summed E-state index contributed by atoms with van der Waals surface area (Å²) in [5, 5.41) is 15.5. The van der Waals surface area contributed by atoms with Gasteiger partial charge in [-0.1, -0.05) is 41.4 Å². The third-order valence-electron chi connectivity index (χ3n) is 3.30. The zero-order valence-corrected chi connectivity index (χ0v) is 13.9. The lowest BCUT2D eigenvalue weighted by molar-refractivity contribution is 0.0422. The van der Waals surface area contributed by atoms with Crippen molar-refractivity contribution in [2.75, 3.05) is 25.1 Å². The van der Waals surface area contributed by atoms with Gasteiger partial charge >= 0.3 is 0 Å². The average molecular weight is 352 g/mol. The summed E-state index contributed by atoms with van der Waals surface area (Å²) in [5.74, 6) is 0. The number of benzene rings is 2. The smallest absolute Gasteiger partial charge is 0.0945 e. The van der Waals surface area contributed by atoms with Crippen LogP contribution in [0.2, 0.25) is 0 Å². The van der Waals surface area contributed by atoms with Crippen molar-refractivity contribution in [3.8, 4) is 0 Å². The number of aliphatic hydroxyl groups excluding tert-OH is 1. The first-order valence-electron chi connectivity index (χ1n) is 7.38. The van der Waals surface area contributed by atoms with Gasteiger partial charge in [0, 0.05) is 23.3 Å². The van der Waals surface area contributed by atoms with Crippen molar-refractivity contribution in [3.63, 3.8) is 0 Å². The Balaban J connectivity index is 1.84. The van der Waals surface area contributed by atoms with Gasteiger partial charge in [0.25, 0.3) is 0 Å². The molecule has 0 bridgehead atoms. The van der Waals surface area contributed by atoms with Crippen molar-refractivity contribution < 1.29 is 9.84 Å². The van der Waals surface area contributed by atoms with E-state index in [0.29, 0.717) is 13.2 Å². The van der Waals surface area contributed by atoms with Gasteiger partial charge in [-0.05, 0) is 41.5 Å². The second kappa shape index (κ2) is 8.37. The van der Waals surface area contributed by atoms with E-state index in [4.69, 9.17) is 4.74 Å². The topological polar surface area (TPSA) is 41.5 Å². The van der Waals surface area contributed by atoms with E-state index in [2.05, 4.69) is 52.4 Å². The number of halogens is 1. The molecule has 0 saturated heterocycles. The lowest BCUT2D eigenvalue weighted by atomic mass is 10.1. The van der Waals surface area contributed by atoms with Crippen molar-refractivity contribution in [2.24, 2.45) is 0 Å². The van der Waals surface area contributed by atoms with E-state index in [0.717, 1.165) is 29.6 Å². The number of rotatable bonds is 8. The third kappa shape index (κ3) is 5.30. The van der Waals surface area contributed by atoms with E-state index in [-0.39, 0.29) is 0 Å². The maximum absolute atomic E-state index is 9.87. The Labute approximate surface area is 134 Å². The monoisotopic (exact) mass is 351 g/mol. The Hall–Kier alpha value is -1.10. The number of fused-ring (bicyclic) bond motifs is 1. The van der Waals surface area contributed by atoms with Crippen LogP contribution in [0.25, 0.3) is 10.8 Å². The predicted molar refractivity (Wildman–Crippen MR) is 91.9 cm³/mol. The molecule has 0 amide bonds. The van der Waals surface area contributed by atoms with Crippen LogP contribution < -0.4 is 5.32 Å². The van der Waals surface area contributed by atoms with Gasteiger partial charge in [0.15, 0.2) is 0 Å². The molecule has 0 radical (unpaired) electrons. The number of aliphatic hydroxyl groups is 1. The van der Waals surface area contributed by atoms with Gasteiger partial charge in [-0.2, -0.15) is 0 Å². The van der Waals surface area contributed by atoms with E-state index in [1.165, 1.54) is 10.8 Å². The fourth-order valence-electron chi connectivity index (χ4n) is 2.09. The molecule has 3 nitrogen and oxygen atoms in total. The van der Waals surface area contributed by atoms with Crippen LogP contribution in [0, 0.1) is 0 Å². The van der Waals surface area contributed by atoms with Crippen LogP contribution in [-0.4, -0.2) is 31.0 Å². The van der Waals surface area contributed by atoms with Crippen molar-refractivity contribution in [3.05, 3.63) is 40.9 Å². The Bertz CT molecular complexity index is 574. The highest BCUT2D eigenvalue weighted by Crippen LogP contribution is 2.22. The van der Waals surface area contributed by atoms with Gasteiger partial charge < -0.3 is 15.2 Å². The quantitative estimate of drug-likeness (QED) is 0.700. The van der Waals surface area contributed by atoms with Crippen LogP contribution in [0.15, 0.2) is 40.9 Å². The molecular formula is C17H22BrNO2. The minimum atomic E-state index is -0.484. The molecule has 0 aromatic heterocycles. The largest absolute Gasteiger partial charge is 0.389 e. The molecule has 0 aliphatic heterocycles. The molecule has 2 N–H and O–H groups in total. The molecule has 4 heteroatoms. The zero-order valence-electron chi connectivity index (χ0n) is 12.3. The fraction of sp³-hybridized carbons (Fsp3) is 0.412. The minimum Gasteiger partial charge on any atom is -0.389 e. The Kier molecular flexibility index (Phi) is 6.49. The molecule has 0 saturated carbocycles. The van der Waals surface area contributed by atoms with Crippen molar-refractivity contribution in [1.82, 2.24) is 0 Å². The van der Waals surface area contributed by atoms with Crippen LogP contribution >= 0.6 is 15.9 Å². The third-order valence-corrected chi connectivity index (χ3v) is 3.79. The lowest BCUT2D eigenvalue weighted by Gasteiger charge is -2.13. The summed E-state index contributed by atoms with van der Waals surface area (Å²) in [6, 6.07) is 12.4. The van der Waals surface area contributed by atoms with E-state index >= 15 is 0 Å². The number of nitrogens with one attached hydrogen (secondary N) is 1. The highest BCUT2D eigenvalue weighted by molar-refractivity contribution is 9.10. The van der Waals surface area contributed by atoms with Crippen molar-refractivity contribution in [1.29, 1.82) is 0 Å². The Morgan fingerprint density at radius 3 is 2.76 bits per heavy atom. The summed E-state index contributed by atoms with van der Waals surface area (Å²) in [4.78, 5) is 0. The molecule has 2 rings (SSSR count). The fourth-order valence-corrected chi connectivity index (χ4v) is 2.47. The SMILES string of the molecule is CCCCOCC(O)CNc1ccc2cc(Br)ccc2c1. The second-order valence-corrected chi connectivity index (χ2v) is 6.09. The molecule has 0 heterocycles. The Morgan fingerprint density at radius 2 is 1.95 bits per heavy atom. The summed E-state index contributed by atoms with van der Waals surface area (Å²) >= 11 is 3.47. The summed E-state index contributed by atoms with van der Waals surface area (Å²) in [6.45, 7) is 3.72. The number of hydrogen-bond donors (Lipinski definition) is 2. The molecule has 0 spiro atoms. The first-order valence-corrected chi connectivity index (χ1v) is 8.17. The molecule has 0 aliphatic rings. The van der Waals surface area contributed by atoms with E-state index in [1.807, 2.05) is 12.1 Å².